The normalized spacial score (nSPS) is 14.9. The molecule has 150 valence electrons. The van der Waals surface area contributed by atoms with Crippen molar-refractivity contribution in [2.45, 2.75) is 13.8 Å². The average molecular weight is 457 g/mol. The number of amides is 2. The van der Waals surface area contributed by atoms with Crippen molar-refractivity contribution in [3.8, 4) is 11.5 Å². The Kier molecular flexibility index (Phi) is 5.38. The highest BCUT2D eigenvalue weighted by atomic mass is 79.9. The van der Waals surface area contributed by atoms with Gasteiger partial charge in [0.1, 0.15) is 11.5 Å². The molecule has 1 aliphatic rings. The molecular formula is C21H21BrN4O3. The molecule has 0 saturated carbocycles. The number of aromatic nitrogens is 1. The Morgan fingerprint density at radius 1 is 1.10 bits per heavy atom. The fourth-order valence-corrected chi connectivity index (χ4v) is 3.78. The molecule has 0 atom stereocenters. The summed E-state index contributed by atoms with van der Waals surface area (Å²) < 4.78 is 6.58. The number of aryl methyl sites for hydroxylation is 1. The molecule has 3 aromatic rings. The lowest BCUT2D eigenvalue weighted by Gasteiger charge is -2.34. The molecule has 0 radical (unpaired) electrons. The number of nitrogens with zero attached hydrogens (tertiary/aromatic N) is 3. The number of rotatable bonds is 3. The van der Waals surface area contributed by atoms with Crippen molar-refractivity contribution in [2.24, 2.45) is 0 Å². The fourth-order valence-electron chi connectivity index (χ4n) is 3.42. The highest BCUT2D eigenvalue weighted by Crippen LogP contribution is 2.28. The highest BCUT2D eigenvalue weighted by Gasteiger charge is 2.22. The van der Waals surface area contributed by atoms with E-state index in [0.29, 0.717) is 48.7 Å². The first-order valence-electron chi connectivity index (χ1n) is 9.39. The van der Waals surface area contributed by atoms with Crippen molar-refractivity contribution in [3.63, 3.8) is 0 Å². The second-order valence-electron chi connectivity index (χ2n) is 7.06. The molecule has 0 bridgehead atoms. The lowest BCUT2D eigenvalue weighted by atomic mass is 10.1. The summed E-state index contributed by atoms with van der Waals surface area (Å²) in [4.78, 5) is 31.1. The van der Waals surface area contributed by atoms with Gasteiger partial charge in [0.15, 0.2) is 5.76 Å². The van der Waals surface area contributed by atoms with Crippen molar-refractivity contribution in [1.29, 1.82) is 0 Å². The number of hydrogen-bond donors (Lipinski definition) is 1. The van der Waals surface area contributed by atoms with Gasteiger partial charge in [-0.05, 0) is 43.3 Å². The second kappa shape index (κ2) is 7.96. The number of benzene rings is 1. The Hall–Kier alpha value is -2.71. The van der Waals surface area contributed by atoms with Gasteiger partial charge in [0.05, 0.1) is 11.1 Å². The first kappa shape index (κ1) is 19.6. The van der Waals surface area contributed by atoms with Crippen LogP contribution in [0.2, 0.25) is 0 Å². The van der Waals surface area contributed by atoms with Crippen molar-refractivity contribution >= 4 is 38.6 Å². The summed E-state index contributed by atoms with van der Waals surface area (Å²) in [6, 6.07) is 11.1. The quantitative estimate of drug-likeness (QED) is 0.653. The molecule has 2 aromatic heterocycles. The van der Waals surface area contributed by atoms with Gasteiger partial charge in [0.25, 0.3) is 5.91 Å². The number of piperazine rings is 1. The number of nitrogens with one attached hydrogen (secondary N) is 1. The maximum atomic E-state index is 13.1. The predicted molar refractivity (Wildman–Crippen MR) is 113 cm³/mol. The molecule has 1 aromatic carbocycles. The number of hydrazine groups is 1. The maximum Gasteiger partial charge on any atom is 0.266 e. The smallest absolute Gasteiger partial charge is 0.266 e. The number of carbonyl (C=O) groups is 2. The zero-order valence-corrected chi connectivity index (χ0v) is 17.8. The summed E-state index contributed by atoms with van der Waals surface area (Å²) >= 11 is 3.48. The minimum atomic E-state index is -0.212. The summed E-state index contributed by atoms with van der Waals surface area (Å²) in [6.07, 6.45) is 0. The highest BCUT2D eigenvalue weighted by molar-refractivity contribution is 9.10. The van der Waals surface area contributed by atoms with E-state index in [1.54, 1.807) is 17.9 Å². The van der Waals surface area contributed by atoms with Crippen LogP contribution in [0.3, 0.4) is 0 Å². The standard InChI is InChI=1S/C21H21BrN4O3/c1-13-3-6-20(29-13)19-12-17(16-11-15(22)4-5-18(16)23-19)21(28)24-26-9-7-25(8-10-26)14(2)27/h3-6,11-12H,7-10H2,1-2H3,(H,24,28). The molecule has 1 aliphatic heterocycles. The summed E-state index contributed by atoms with van der Waals surface area (Å²) in [5.74, 6) is 1.25. The van der Waals surface area contributed by atoms with Crippen LogP contribution in [0.15, 0.2) is 45.3 Å². The van der Waals surface area contributed by atoms with Crippen LogP contribution in [-0.2, 0) is 4.79 Å². The van der Waals surface area contributed by atoms with Crippen molar-refractivity contribution < 1.29 is 14.0 Å². The van der Waals surface area contributed by atoms with E-state index in [-0.39, 0.29) is 11.8 Å². The van der Waals surface area contributed by atoms with Crippen molar-refractivity contribution in [1.82, 2.24) is 20.3 Å². The molecule has 1 N–H and O–H groups in total. The Morgan fingerprint density at radius 2 is 1.86 bits per heavy atom. The monoisotopic (exact) mass is 456 g/mol. The Morgan fingerprint density at radius 3 is 2.52 bits per heavy atom. The van der Waals surface area contributed by atoms with Gasteiger partial charge in [0, 0.05) is 43.0 Å². The Bertz CT molecular complexity index is 1090. The topological polar surface area (TPSA) is 78.7 Å². The van der Waals surface area contributed by atoms with Gasteiger partial charge in [-0.1, -0.05) is 15.9 Å². The SMILES string of the molecule is CC(=O)N1CCN(NC(=O)c2cc(-c3ccc(C)o3)nc3ccc(Br)cc23)CC1. The summed E-state index contributed by atoms with van der Waals surface area (Å²) in [5, 5.41) is 2.61. The van der Waals surface area contributed by atoms with Gasteiger partial charge < -0.3 is 9.32 Å². The summed E-state index contributed by atoms with van der Waals surface area (Å²) in [7, 11) is 0. The number of pyridine rings is 1. The molecule has 4 rings (SSSR count). The van der Waals surface area contributed by atoms with Gasteiger partial charge >= 0.3 is 0 Å². The molecular weight excluding hydrogens is 436 g/mol. The van der Waals surface area contributed by atoms with E-state index >= 15 is 0 Å². The van der Waals surface area contributed by atoms with Crippen LogP contribution in [0.5, 0.6) is 0 Å². The fraction of sp³-hybridized carbons (Fsp3) is 0.286. The van der Waals surface area contributed by atoms with E-state index in [2.05, 4.69) is 26.3 Å². The van der Waals surface area contributed by atoms with Crippen LogP contribution in [0, 0.1) is 6.92 Å². The number of hydrogen-bond acceptors (Lipinski definition) is 5. The van der Waals surface area contributed by atoms with E-state index in [1.807, 2.05) is 42.3 Å². The zero-order valence-electron chi connectivity index (χ0n) is 16.2. The molecule has 7 nitrogen and oxygen atoms in total. The number of furan rings is 1. The Labute approximate surface area is 176 Å². The van der Waals surface area contributed by atoms with Crippen LogP contribution in [0.4, 0.5) is 0 Å². The minimum absolute atomic E-state index is 0.0549. The molecule has 1 saturated heterocycles. The third-order valence-electron chi connectivity index (χ3n) is 4.99. The molecule has 29 heavy (non-hydrogen) atoms. The predicted octanol–water partition coefficient (Wildman–Crippen LogP) is 3.37. The molecule has 2 amide bonds. The summed E-state index contributed by atoms with van der Waals surface area (Å²) in [6.45, 7) is 5.79. The molecule has 0 spiro atoms. The second-order valence-corrected chi connectivity index (χ2v) is 7.98. The number of fused-ring (bicyclic) bond motifs is 1. The van der Waals surface area contributed by atoms with Crippen LogP contribution in [0.1, 0.15) is 23.0 Å². The lowest BCUT2D eigenvalue weighted by molar-refractivity contribution is -0.130. The molecule has 1 fully saturated rings. The van der Waals surface area contributed by atoms with Crippen LogP contribution in [-0.4, -0.2) is 52.9 Å². The largest absolute Gasteiger partial charge is 0.460 e. The third-order valence-corrected chi connectivity index (χ3v) is 5.49. The van der Waals surface area contributed by atoms with Crippen LogP contribution in [0.25, 0.3) is 22.4 Å². The zero-order chi connectivity index (χ0) is 20.5. The van der Waals surface area contributed by atoms with Gasteiger partial charge in [-0.25, -0.2) is 9.99 Å². The minimum Gasteiger partial charge on any atom is -0.460 e. The van der Waals surface area contributed by atoms with E-state index < -0.39 is 0 Å². The molecule has 0 aliphatic carbocycles. The van der Waals surface area contributed by atoms with Gasteiger partial charge in [-0.3, -0.25) is 15.0 Å². The lowest BCUT2D eigenvalue weighted by Crippen LogP contribution is -2.54. The maximum absolute atomic E-state index is 13.1. The van der Waals surface area contributed by atoms with E-state index in [1.165, 1.54) is 0 Å². The van der Waals surface area contributed by atoms with E-state index in [0.717, 1.165) is 15.6 Å². The van der Waals surface area contributed by atoms with E-state index in [4.69, 9.17) is 4.42 Å². The van der Waals surface area contributed by atoms with Crippen LogP contribution < -0.4 is 5.43 Å². The van der Waals surface area contributed by atoms with Crippen LogP contribution >= 0.6 is 15.9 Å². The first-order valence-corrected chi connectivity index (χ1v) is 10.2. The number of carbonyl (C=O) groups excluding carboxylic acids is 2. The van der Waals surface area contributed by atoms with Crippen molar-refractivity contribution in [3.05, 3.63) is 52.2 Å². The molecule has 3 heterocycles. The third kappa shape index (κ3) is 4.18. The average Bonchev–Trinajstić information content (AvgIpc) is 3.14. The molecule has 8 heteroatoms. The first-order chi connectivity index (χ1) is 13.9. The summed E-state index contributed by atoms with van der Waals surface area (Å²) in [5.41, 5.74) is 4.82. The number of halogens is 1. The molecule has 0 unspecified atom stereocenters. The van der Waals surface area contributed by atoms with Gasteiger partial charge in [0.2, 0.25) is 5.91 Å². The van der Waals surface area contributed by atoms with Crippen molar-refractivity contribution in [2.75, 3.05) is 26.2 Å². The van der Waals surface area contributed by atoms with E-state index in [9.17, 15) is 9.59 Å². The van der Waals surface area contributed by atoms with Gasteiger partial charge in [-0.15, -0.1) is 0 Å². The Balaban J connectivity index is 1.65. The van der Waals surface area contributed by atoms with Gasteiger partial charge in [-0.2, -0.15) is 0 Å².